The second-order valence-corrected chi connectivity index (χ2v) is 6.99. The Labute approximate surface area is 161 Å². The molecule has 28 heavy (non-hydrogen) atoms. The zero-order valence-corrected chi connectivity index (χ0v) is 15.3. The standard InChI is InChI=1S/C21H18N4O3/c1-12(26)23-14-6-5-13-10-25-15(11-28-20(13)7-14)8-19(24-25)16-3-2-4-17-18(16)9-22-21(17)27/h2-8H,9-11H2,1H3,(H,22,27)(H,23,26). The lowest BCUT2D eigenvalue weighted by atomic mass is 10.0. The summed E-state index contributed by atoms with van der Waals surface area (Å²) in [4.78, 5) is 23.2. The molecule has 2 aliphatic heterocycles. The van der Waals surface area contributed by atoms with Crippen LogP contribution >= 0.6 is 0 Å². The lowest BCUT2D eigenvalue weighted by Crippen LogP contribution is -2.12. The molecule has 0 radical (unpaired) electrons. The number of carbonyl (C=O) groups is 2. The van der Waals surface area contributed by atoms with Crippen molar-refractivity contribution in [3.8, 4) is 17.0 Å². The number of ether oxygens (including phenoxy) is 1. The predicted octanol–water partition coefficient (Wildman–Crippen LogP) is 2.69. The maximum Gasteiger partial charge on any atom is 0.251 e. The van der Waals surface area contributed by atoms with E-state index in [4.69, 9.17) is 9.84 Å². The summed E-state index contributed by atoms with van der Waals surface area (Å²) >= 11 is 0. The van der Waals surface area contributed by atoms with Crippen LogP contribution in [0.15, 0.2) is 42.5 Å². The molecule has 1 aromatic heterocycles. The number of hydrogen-bond acceptors (Lipinski definition) is 4. The van der Waals surface area contributed by atoms with Crippen molar-refractivity contribution < 1.29 is 14.3 Å². The summed E-state index contributed by atoms with van der Waals surface area (Å²) in [5, 5.41) is 10.4. The van der Waals surface area contributed by atoms with Crippen LogP contribution in [0.1, 0.15) is 34.1 Å². The second kappa shape index (κ2) is 6.23. The number of aromatic nitrogens is 2. The van der Waals surface area contributed by atoms with Gasteiger partial charge < -0.3 is 15.4 Å². The summed E-state index contributed by atoms with van der Waals surface area (Å²) in [6, 6.07) is 13.4. The van der Waals surface area contributed by atoms with E-state index in [0.29, 0.717) is 30.9 Å². The molecule has 0 spiro atoms. The van der Waals surface area contributed by atoms with Crippen molar-refractivity contribution in [1.82, 2.24) is 15.1 Å². The van der Waals surface area contributed by atoms with Gasteiger partial charge in [0, 0.05) is 41.9 Å². The Morgan fingerprint density at radius 3 is 2.93 bits per heavy atom. The van der Waals surface area contributed by atoms with E-state index in [1.807, 2.05) is 47.1 Å². The SMILES string of the molecule is CC(=O)Nc1ccc2c(c1)OCc1cc(-c3cccc4c3CNC4=O)nn1C2. The minimum Gasteiger partial charge on any atom is -0.487 e. The van der Waals surface area contributed by atoms with Crippen molar-refractivity contribution in [2.75, 3.05) is 5.32 Å². The van der Waals surface area contributed by atoms with Gasteiger partial charge in [0.25, 0.3) is 5.91 Å². The van der Waals surface area contributed by atoms with Gasteiger partial charge in [0.1, 0.15) is 12.4 Å². The van der Waals surface area contributed by atoms with E-state index >= 15 is 0 Å². The average molecular weight is 374 g/mol. The number of anilines is 1. The van der Waals surface area contributed by atoms with Crippen molar-refractivity contribution in [3.05, 3.63) is 64.8 Å². The monoisotopic (exact) mass is 374 g/mol. The number of rotatable bonds is 2. The lowest BCUT2D eigenvalue weighted by Gasteiger charge is -2.10. The van der Waals surface area contributed by atoms with Gasteiger partial charge in [0.2, 0.25) is 5.91 Å². The Kier molecular flexibility index (Phi) is 3.68. The van der Waals surface area contributed by atoms with E-state index in [1.54, 1.807) is 0 Å². The first-order valence-electron chi connectivity index (χ1n) is 9.09. The molecule has 140 valence electrons. The van der Waals surface area contributed by atoms with Gasteiger partial charge in [0.15, 0.2) is 0 Å². The number of nitrogens with one attached hydrogen (secondary N) is 2. The highest BCUT2D eigenvalue weighted by Gasteiger charge is 2.24. The molecule has 0 unspecified atom stereocenters. The Hall–Kier alpha value is -3.61. The molecule has 0 saturated carbocycles. The third kappa shape index (κ3) is 2.72. The fourth-order valence-corrected chi connectivity index (χ4v) is 3.75. The number of fused-ring (bicyclic) bond motifs is 3. The van der Waals surface area contributed by atoms with Crippen LogP contribution in [0.4, 0.5) is 5.69 Å². The van der Waals surface area contributed by atoms with E-state index in [2.05, 4.69) is 10.6 Å². The first-order valence-corrected chi connectivity index (χ1v) is 9.09. The number of amides is 2. The van der Waals surface area contributed by atoms with Crippen molar-refractivity contribution in [2.45, 2.75) is 26.6 Å². The highest BCUT2D eigenvalue weighted by atomic mass is 16.5. The van der Waals surface area contributed by atoms with E-state index in [9.17, 15) is 9.59 Å². The first-order chi connectivity index (χ1) is 13.6. The Bertz CT molecular complexity index is 1130. The molecule has 0 bridgehead atoms. The molecule has 2 amide bonds. The molecule has 5 rings (SSSR count). The van der Waals surface area contributed by atoms with Crippen molar-refractivity contribution >= 4 is 17.5 Å². The van der Waals surface area contributed by atoms with Crippen molar-refractivity contribution in [1.29, 1.82) is 0 Å². The number of benzene rings is 2. The van der Waals surface area contributed by atoms with Gasteiger partial charge in [-0.15, -0.1) is 0 Å². The smallest absolute Gasteiger partial charge is 0.251 e. The fourth-order valence-electron chi connectivity index (χ4n) is 3.75. The molecule has 2 N–H and O–H groups in total. The van der Waals surface area contributed by atoms with E-state index in [1.165, 1.54) is 6.92 Å². The summed E-state index contributed by atoms with van der Waals surface area (Å²) in [6.45, 7) is 2.97. The maximum atomic E-state index is 11.9. The highest BCUT2D eigenvalue weighted by Crippen LogP contribution is 2.32. The summed E-state index contributed by atoms with van der Waals surface area (Å²) in [7, 11) is 0. The van der Waals surface area contributed by atoms with E-state index < -0.39 is 0 Å². The molecular weight excluding hydrogens is 356 g/mol. The minimum absolute atomic E-state index is 0.0372. The van der Waals surface area contributed by atoms with Gasteiger partial charge in [-0.1, -0.05) is 18.2 Å². The van der Waals surface area contributed by atoms with Crippen LogP contribution in [0, 0.1) is 0 Å². The van der Waals surface area contributed by atoms with Gasteiger partial charge in [-0.25, -0.2) is 0 Å². The molecule has 3 heterocycles. The summed E-state index contributed by atoms with van der Waals surface area (Å²) in [5.41, 5.74) is 6.18. The third-order valence-electron chi connectivity index (χ3n) is 5.07. The largest absolute Gasteiger partial charge is 0.487 e. The lowest BCUT2D eigenvalue weighted by molar-refractivity contribution is -0.114. The molecule has 3 aromatic rings. The Morgan fingerprint density at radius 2 is 2.07 bits per heavy atom. The van der Waals surface area contributed by atoms with Gasteiger partial charge in [-0.3, -0.25) is 14.3 Å². The van der Waals surface area contributed by atoms with Crippen molar-refractivity contribution in [3.63, 3.8) is 0 Å². The molecule has 7 nitrogen and oxygen atoms in total. The molecule has 2 aromatic carbocycles. The number of carbonyl (C=O) groups excluding carboxylic acids is 2. The molecule has 2 aliphatic rings. The number of nitrogens with zero attached hydrogens (tertiary/aromatic N) is 2. The minimum atomic E-state index is -0.116. The predicted molar refractivity (Wildman–Crippen MR) is 103 cm³/mol. The third-order valence-corrected chi connectivity index (χ3v) is 5.07. The van der Waals surface area contributed by atoms with E-state index in [-0.39, 0.29) is 11.8 Å². The van der Waals surface area contributed by atoms with Gasteiger partial charge in [0.05, 0.1) is 17.9 Å². The molecule has 0 fully saturated rings. The van der Waals surface area contributed by atoms with Crippen LogP contribution in [0.25, 0.3) is 11.3 Å². The van der Waals surface area contributed by atoms with Crippen LogP contribution in [0.5, 0.6) is 5.75 Å². The quantitative estimate of drug-likeness (QED) is 0.722. The van der Waals surface area contributed by atoms with Crippen LogP contribution in [0.2, 0.25) is 0 Å². The molecule has 0 atom stereocenters. The van der Waals surface area contributed by atoms with Gasteiger partial charge in [-0.2, -0.15) is 5.10 Å². The Morgan fingerprint density at radius 1 is 1.21 bits per heavy atom. The summed E-state index contributed by atoms with van der Waals surface area (Å²) in [6.07, 6.45) is 0. The number of hydrogen-bond donors (Lipinski definition) is 2. The zero-order valence-electron chi connectivity index (χ0n) is 15.3. The molecule has 0 saturated heterocycles. The van der Waals surface area contributed by atoms with Crippen LogP contribution in [0.3, 0.4) is 0 Å². The normalized spacial score (nSPS) is 14.2. The van der Waals surface area contributed by atoms with E-state index in [0.717, 1.165) is 33.8 Å². The first kappa shape index (κ1) is 16.6. The van der Waals surface area contributed by atoms with Crippen LogP contribution < -0.4 is 15.4 Å². The zero-order chi connectivity index (χ0) is 19.3. The van der Waals surface area contributed by atoms with Gasteiger partial charge in [-0.05, 0) is 23.8 Å². The van der Waals surface area contributed by atoms with Crippen LogP contribution in [-0.4, -0.2) is 21.6 Å². The van der Waals surface area contributed by atoms with Crippen molar-refractivity contribution in [2.24, 2.45) is 0 Å². The highest BCUT2D eigenvalue weighted by molar-refractivity contribution is 6.00. The van der Waals surface area contributed by atoms with Crippen LogP contribution in [-0.2, 0) is 24.5 Å². The topological polar surface area (TPSA) is 85.2 Å². The summed E-state index contributed by atoms with van der Waals surface area (Å²) < 4.78 is 7.91. The average Bonchev–Trinajstić information content (AvgIpc) is 3.20. The maximum absolute atomic E-state index is 11.9. The summed E-state index contributed by atoms with van der Waals surface area (Å²) in [5.74, 6) is 0.591. The fraction of sp³-hybridized carbons (Fsp3) is 0.190. The Balaban J connectivity index is 1.49. The van der Waals surface area contributed by atoms with Gasteiger partial charge >= 0.3 is 0 Å². The molecule has 7 heteroatoms. The second-order valence-electron chi connectivity index (χ2n) is 6.99. The molecule has 0 aliphatic carbocycles. The molecular formula is C21H18N4O3.